The summed E-state index contributed by atoms with van der Waals surface area (Å²) in [6.45, 7) is 4.30. The van der Waals surface area contributed by atoms with Crippen molar-refractivity contribution < 1.29 is 14.3 Å². The fraction of sp³-hybridized carbons (Fsp3) is 0.417. The van der Waals surface area contributed by atoms with Crippen molar-refractivity contribution in [1.82, 2.24) is 16.0 Å². The number of guanidine groups is 1. The second-order valence-electron chi connectivity index (χ2n) is 7.01. The lowest BCUT2D eigenvalue weighted by Crippen LogP contribution is -2.38. The topological polar surface area (TPSA) is 84.0 Å². The largest absolute Gasteiger partial charge is 0.493 e. The number of carbonyl (C=O) groups is 1. The lowest BCUT2D eigenvalue weighted by molar-refractivity contribution is 0.0963. The first-order valence-electron chi connectivity index (χ1n) is 10.6. The molecule has 2 rings (SSSR count). The van der Waals surface area contributed by atoms with Gasteiger partial charge in [0, 0.05) is 32.2 Å². The minimum absolute atomic E-state index is 0.0702. The maximum Gasteiger partial charge on any atom is 0.251 e. The van der Waals surface area contributed by atoms with Crippen LogP contribution in [-0.2, 0) is 12.8 Å². The number of hydrogen-bond donors (Lipinski definition) is 3. The van der Waals surface area contributed by atoms with Gasteiger partial charge in [-0.25, -0.2) is 0 Å². The lowest BCUT2D eigenvalue weighted by atomic mass is 10.1. The van der Waals surface area contributed by atoms with E-state index >= 15 is 0 Å². The van der Waals surface area contributed by atoms with E-state index in [1.54, 1.807) is 21.3 Å². The number of nitrogens with one attached hydrogen (secondary N) is 3. The summed E-state index contributed by atoms with van der Waals surface area (Å²) in [7, 11) is 4.93. The highest BCUT2D eigenvalue weighted by atomic mass is 16.5. The normalized spacial score (nSPS) is 11.0. The Balaban J connectivity index is 1.83. The third-order valence-electron chi connectivity index (χ3n) is 4.81. The molecule has 2 aromatic rings. The molecular formula is C24H34N4O3. The molecule has 0 heterocycles. The van der Waals surface area contributed by atoms with Crippen molar-refractivity contribution in [2.45, 2.75) is 26.2 Å². The second-order valence-corrected chi connectivity index (χ2v) is 7.01. The quantitative estimate of drug-likeness (QED) is 0.292. The first-order chi connectivity index (χ1) is 15.1. The van der Waals surface area contributed by atoms with E-state index in [2.05, 4.69) is 27.0 Å². The van der Waals surface area contributed by atoms with Gasteiger partial charge >= 0.3 is 0 Å². The van der Waals surface area contributed by atoms with Gasteiger partial charge < -0.3 is 25.4 Å². The van der Waals surface area contributed by atoms with Crippen molar-refractivity contribution in [3.8, 4) is 11.5 Å². The summed E-state index contributed by atoms with van der Waals surface area (Å²) in [5.41, 5.74) is 2.98. The lowest BCUT2D eigenvalue weighted by Gasteiger charge is -2.12. The average molecular weight is 427 g/mol. The van der Waals surface area contributed by atoms with Crippen LogP contribution in [0, 0.1) is 0 Å². The summed E-state index contributed by atoms with van der Waals surface area (Å²) in [4.78, 5) is 16.5. The molecule has 0 aliphatic carbocycles. The van der Waals surface area contributed by atoms with Crippen molar-refractivity contribution in [2.24, 2.45) is 4.99 Å². The van der Waals surface area contributed by atoms with Crippen LogP contribution in [-0.4, -0.2) is 52.8 Å². The third kappa shape index (κ3) is 7.85. The molecule has 0 fully saturated rings. The van der Waals surface area contributed by atoms with Gasteiger partial charge in [0.05, 0.1) is 14.2 Å². The number of hydrogen-bond acceptors (Lipinski definition) is 4. The van der Waals surface area contributed by atoms with Crippen LogP contribution in [0.3, 0.4) is 0 Å². The Hall–Kier alpha value is -3.22. The Labute approximate surface area is 185 Å². The first kappa shape index (κ1) is 24.1. The molecule has 1 amide bonds. The summed E-state index contributed by atoms with van der Waals surface area (Å²) in [5, 5.41) is 9.30. The third-order valence-corrected chi connectivity index (χ3v) is 4.81. The number of aryl methyl sites for hydroxylation is 1. The number of benzene rings is 2. The number of carbonyl (C=O) groups excluding carboxylic acids is 1. The monoisotopic (exact) mass is 426 g/mol. The van der Waals surface area contributed by atoms with E-state index in [4.69, 9.17) is 9.47 Å². The number of aliphatic imine (C=N–C) groups is 1. The Morgan fingerprint density at radius 3 is 2.45 bits per heavy atom. The molecule has 7 nitrogen and oxygen atoms in total. The minimum Gasteiger partial charge on any atom is -0.493 e. The van der Waals surface area contributed by atoms with Gasteiger partial charge in [-0.2, -0.15) is 0 Å². The molecule has 0 unspecified atom stereocenters. The van der Waals surface area contributed by atoms with E-state index in [-0.39, 0.29) is 5.91 Å². The van der Waals surface area contributed by atoms with E-state index in [0.29, 0.717) is 5.56 Å². The molecule has 31 heavy (non-hydrogen) atoms. The maximum atomic E-state index is 11.8. The van der Waals surface area contributed by atoms with Gasteiger partial charge in [0.15, 0.2) is 17.5 Å². The zero-order valence-corrected chi connectivity index (χ0v) is 19.0. The molecule has 3 N–H and O–H groups in total. The van der Waals surface area contributed by atoms with Crippen molar-refractivity contribution in [3.63, 3.8) is 0 Å². The zero-order valence-electron chi connectivity index (χ0n) is 19.0. The van der Waals surface area contributed by atoms with Gasteiger partial charge in [0.1, 0.15) is 0 Å². The molecule has 0 saturated carbocycles. The Bertz CT molecular complexity index is 868. The fourth-order valence-corrected chi connectivity index (χ4v) is 3.19. The van der Waals surface area contributed by atoms with Crippen LogP contribution in [0.2, 0.25) is 0 Å². The summed E-state index contributed by atoms with van der Waals surface area (Å²) < 4.78 is 10.7. The minimum atomic E-state index is -0.0702. The van der Waals surface area contributed by atoms with Crippen molar-refractivity contribution >= 4 is 11.9 Å². The number of rotatable bonds is 11. The van der Waals surface area contributed by atoms with Crippen LogP contribution in [0.1, 0.15) is 34.8 Å². The summed E-state index contributed by atoms with van der Waals surface area (Å²) >= 11 is 0. The summed E-state index contributed by atoms with van der Waals surface area (Å²) in [6, 6.07) is 13.7. The van der Waals surface area contributed by atoms with Crippen LogP contribution >= 0.6 is 0 Å². The predicted octanol–water partition coefficient (Wildman–Crippen LogP) is 2.79. The van der Waals surface area contributed by atoms with E-state index in [1.165, 1.54) is 5.56 Å². The van der Waals surface area contributed by atoms with Gasteiger partial charge in [-0.1, -0.05) is 18.2 Å². The molecule has 2 aromatic carbocycles. The predicted molar refractivity (Wildman–Crippen MR) is 125 cm³/mol. The summed E-state index contributed by atoms with van der Waals surface area (Å²) in [6.07, 6.45) is 2.65. The molecule has 0 aromatic heterocycles. The van der Waals surface area contributed by atoms with Crippen LogP contribution in [0.15, 0.2) is 47.5 Å². The standard InChI is InChI=1S/C24H34N4O3/c1-5-26-24(28-15-13-19-8-6-10-20(16-19)23(29)25-2)27-14-7-9-18-11-12-21(30-3)22(17-18)31-4/h6,8,10-12,16-17H,5,7,9,13-15H2,1-4H3,(H,25,29)(H2,26,27,28). The molecule has 0 radical (unpaired) electrons. The van der Waals surface area contributed by atoms with Gasteiger partial charge in [-0.3, -0.25) is 9.79 Å². The van der Waals surface area contributed by atoms with Crippen LogP contribution < -0.4 is 25.4 Å². The molecular weight excluding hydrogens is 392 g/mol. The van der Waals surface area contributed by atoms with Gasteiger partial charge in [0.25, 0.3) is 5.91 Å². The van der Waals surface area contributed by atoms with Crippen molar-refractivity contribution in [3.05, 3.63) is 59.2 Å². The van der Waals surface area contributed by atoms with E-state index < -0.39 is 0 Å². The molecule has 0 spiro atoms. The number of ether oxygens (including phenoxy) is 2. The molecule has 0 saturated heterocycles. The molecule has 168 valence electrons. The smallest absolute Gasteiger partial charge is 0.251 e. The van der Waals surface area contributed by atoms with Gasteiger partial charge in [-0.15, -0.1) is 0 Å². The molecule has 0 bridgehead atoms. The molecule has 0 atom stereocenters. The van der Waals surface area contributed by atoms with E-state index in [9.17, 15) is 4.79 Å². The highest BCUT2D eigenvalue weighted by molar-refractivity contribution is 5.94. The van der Waals surface area contributed by atoms with Crippen molar-refractivity contribution in [1.29, 1.82) is 0 Å². The Kier molecular flexibility index (Phi) is 10.2. The van der Waals surface area contributed by atoms with Gasteiger partial charge in [0.2, 0.25) is 0 Å². The SMILES string of the molecule is CCNC(=NCCCc1ccc(OC)c(OC)c1)NCCc1cccc(C(=O)NC)c1. The van der Waals surface area contributed by atoms with Crippen molar-refractivity contribution in [2.75, 3.05) is 40.9 Å². The van der Waals surface area contributed by atoms with Crippen LogP contribution in [0.25, 0.3) is 0 Å². The number of amides is 1. The summed E-state index contributed by atoms with van der Waals surface area (Å²) in [5.74, 6) is 2.22. The maximum absolute atomic E-state index is 11.8. The molecule has 0 aliphatic rings. The first-order valence-corrected chi connectivity index (χ1v) is 10.6. The average Bonchev–Trinajstić information content (AvgIpc) is 2.81. The molecule has 7 heteroatoms. The second kappa shape index (κ2) is 13.2. The Morgan fingerprint density at radius 1 is 0.968 bits per heavy atom. The highest BCUT2D eigenvalue weighted by Gasteiger charge is 2.05. The Morgan fingerprint density at radius 2 is 1.74 bits per heavy atom. The van der Waals surface area contributed by atoms with E-state index in [0.717, 1.165) is 61.9 Å². The van der Waals surface area contributed by atoms with Gasteiger partial charge in [-0.05, 0) is 61.6 Å². The molecule has 0 aliphatic heterocycles. The fourth-order valence-electron chi connectivity index (χ4n) is 3.19. The zero-order chi connectivity index (χ0) is 22.5. The van der Waals surface area contributed by atoms with E-state index in [1.807, 2.05) is 43.3 Å². The van der Waals surface area contributed by atoms with Crippen LogP contribution in [0.5, 0.6) is 11.5 Å². The van der Waals surface area contributed by atoms with Crippen LogP contribution in [0.4, 0.5) is 0 Å². The highest BCUT2D eigenvalue weighted by Crippen LogP contribution is 2.27. The number of methoxy groups -OCH3 is 2. The number of nitrogens with zero attached hydrogens (tertiary/aromatic N) is 1.